The first-order chi connectivity index (χ1) is 13.0. The molecular weight excluding hydrogens is 340 g/mol. The molecule has 1 aliphatic rings. The summed E-state index contributed by atoms with van der Waals surface area (Å²) >= 11 is 0. The minimum Gasteiger partial charge on any atom is -0.359 e. The Balaban J connectivity index is 1.65. The van der Waals surface area contributed by atoms with Gasteiger partial charge in [0.15, 0.2) is 5.76 Å². The van der Waals surface area contributed by atoms with Gasteiger partial charge in [0.05, 0.1) is 28.8 Å². The quantitative estimate of drug-likeness (QED) is 0.703. The van der Waals surface area contributed by atoms with Gasteiger partial charge >= 0.3 is 0 Å². The van der Waals surface area contributed by atoms with Crippen LogP contribution in [0.2, 0.25) is 0 Å². The summed E-state index contributed by atoms with van der Waals surface area (Å²) in [6, 6.07) is 9.48. The van der Waals surface area contributed by atoms with Gasteiger partial charge in [0.1, 0.15) is 0 Å². The van der Waals surface area contributed by atoms with Crippen molar-refractivity contribution in [1.29, 1.82) is 0 Å². The summed E-state index contributed by atoms with van der Waals surface area (Å²) in [7, 11) is 0. The van der Waals surface area contributed by atoms with Gasteiger partial charge in [-0.25, -0.2) is 4.98 Å². The molecule has 1 aromatic carbocycles. The van der Waals surface area contributed by atoms with Gasteiger partial charge in [-0.05, 0) is 45.7 Å². The van der Waals surface area contributed by atoms with Gasteiger partial charge in [-0.1, -0.05) is 17.3 Å². The molecule has 1 fully saturated rings. The van der Waals surface area contributed by atoms with E-state index in [2.05, 4.69) is 15.1 Å². The molecule has 1 amide bonds. The molecule has 3 heterocycles. The Bertz CT molecular complexity index is 995. The van der Waals surface area contributed by atoms with Crippen molar-refractivity contribution in [3.63, 3.8) is 0 Å². The van der Waals surface area contributed by atoms with Gasteiger partial charge in [-0.2, -0.15) is 0 Å². The van der Waals surface area contributed by atoms with Crippen LogP contribution in [0.4, 0.5) is 0 Å². The number of likely N-dealkylation sites (tertiary alicyclic amines) is 1. The van der Waals surface area contributed by atoms with Crippen molar-refractivity contribution >= 4 is 5.91 Å². The maximum absolute atomic E-state index is 13.2. The fraction of sp³-hybridized carbons (Fsp3) is 0.333. The summed E-state index contributed by atoms with van der Waals surface area (Å²) in [5.74, 6) is 0.765. The fourth-order valence-electron chi connectivity index (χ4n) is 3.62. The number of rotatable bonds is 3. The van der Waals surface area contributed by atoms with E-state index in [0.29, 0.717) is 5.56 Å². The second-order valence-electron chi connectivity index (χ2n) is 7.05. The molecule has 0 spiro atoms. The number of hydrogen-bond acceptors (Lipinski definition) is 5. The van der Waals surface area contributed by atoms with Crippen LogP contribution in [0.3, 0.4) is 0 Å². The number of hydrogen-bond donors (Lipinski definition) is 0. The number of aromatic nitrogens is 3. The monoisotopic (exact) mass is 362 g/mol. The molecule has 0 N–H and O–H groups in total. The van der Waals surface area contributed by atoms with Crippen LogP contribution < -0.4 is 0 Å². The maximum Gasteiger partial charge on any atom is 0.254 e. The van der Waals surface area contributed by atoms with E-state index in [1.807, 2.05) is 56.0 Å². The van der Waals surface area contributed by atoms with Crippen LogP contribution in [-0.2, 0) is 0 Å². The maximum atomic E-state index is 13.2. The highest BCUT2D eigenvalue weighted by atomic mass is 16.5. The summed E-state index contributed by atoms with van der Waals surface area (Å²) in [4.78, 5) is 24.1. The summed E-state index contributed by atoms with van der Waals surface area (Å²) in [5, 5.41) is 3.97. The summed E-state index contributed by atoms with van der Waals surface area (Å²) in [5.41, 5.74) is 4.90. The zero-order valence-corrected chi connectivity index (χ0v) is 15.8. The first-order valence-electron chi connectivity index (χ1n) is 9.18. The lowest BCUT2D eigenvalue weighted by atomic mass is 10.0. The zero-order valence-electron chi connectivity index (χ0n) is 15.8. The van der Waals surface area contributed by atoms with Gasteiger partial charge in [-0.3, -0.25) is 9.78 Å². The van der Waals surface area contributed by atoms with E-state index >= 15 is 0 Å². The van der Waals surface area contributed by atoms with Crippen molar-refractivity contribution < 1.29 is 9.32 Å². The van der Waals surface area contributed by atoms with Gasteiger partial charge < -0.3 is 9.42 Å². The third-order valence-corrected chi connectivity index (χ3v) is 4.95. The molecule has 2 aromatic heterocycles. The molecule has 0 aliphatic carbocycles. The number of carbonyl (C=O) groups excluding carboxylic acids is 1. The Morgan fingerprint density at radius 2 is 2.04 bits per heavy atom. The van der Waals surface area contributed by atoms with Crippen LogP contribution in [0, 0.1) is 20.8 Å². The highest BCUT2D eigenvalue weighted by Crippen LogP contribution is 2.34. The second-order valence-corrected chi connectivity index (χ2v) is 7.05. The lowest BCUT2D eigenvalue weighted by Gasteiger charge is -2.23. The minimum atomic E-state index is -0.0529. The van der Waals surface area contributed by atoms with Crippen LogP contribution >= 0.6 is 0 Å². The van der Waals surface area contributed by atoms with E-state index in [-0.39, 0.29) is 11.9 Å². The molecule has 1 atom stereocenters. The van der Waals surface area contributed by atoms with Crippen LogP contribution in [0.5, 0.6) is 0 Å². The van der Waals surface area contributed by atoms with Crippen molar-refractivity contribution in [2.75, 3.05) is 6.54 Å². The third-order valence-electron chi connectivity index (χ3n) is 4.95. The summed E-state index contributed by atoms with van der Waals surface area (Å²) < 4.78 is 5.42. The first kappa shape index (κ1) is 17.4. The standard InChI is InChI=1S/C21H22N4O2/c1-13-10-19(27-24-13)18-8-5-9-25(18)21(26)17-7-4-6-16(11-17)20-15(3)22-12-14(2)23-20/h4,6-7,10-12,18H,5,8-9H2,1-3H3/t18-/m1/s1. The van der Waals surface area contributed by atoms with Crippen LogP contribution in [0.1, 0.15) is 52.1 Å². The lowest BCUT2D eigenvalue weighted by molar-refractivity contribution is 0.0714. The molecule has 0 saturated carbocycles. The summed E-state index contributed by atoms with van der Waals surface area (Å²) in [6.07, 6.45) is 3.60. The predicted octanol–water partition coefficient (Wildman–Crippen LogP) is 4.03. The van der Waals surface area contributed by atoms with Crippen LogP contribution in [-0.4, -0.2) is 32.5 Å². The largest absolute Gasteiger partial charge is 0.359 e. The lowest BCUT2D eigenvalue weighted by Crippen LogP contribution is -2.30. The van der Waals surface area contributed by atoms with Gasteiger partial charge in [0.2, 0.25) is 0 Å². The molecule has 1 aliphatic heterocycles. The molecule has 0 radical (unpaired) electrons. The van der Waals surface area contributed by atoms with Crippen molar-refractivity contribution in [3.05, 3.63) is 64.9 Å². The summed E-state index contributed by atoms with van der Waals surface area (Å²) in [6.45, 7) is 6.46. The number of amides is 1. The smallest absolute Gasteiger partial charge is 0.254 e. The van der Waals surface area contributed by atoms with E-state index in [0.717, 1.165) is 53.5 Å². The number of benzene rings is 1. The highest BCUT2D eigenvalue weighted by molar-refractivity contribution is 5.95. The molecule has 4 rings (SSSR count). The third kappa shape index (κ3) is 3.35. The first-order valence-corrected chi connectivity index (χ1v) is 9.18. The highest BCUT2D eigenvalue weighted by Gasteiger charge is 2.33. The second kappa shape index (κ2) is 6.95. The van der Waals surface area contributed by atoms with Gasteiger partial charge in [0, 0.05) is 29.9 Å². The van der Waals surface area contributed by atoms with Crippen molar-refractivity contribution in [2.45, 2.75) is 39.7 Å². The van der Waals surface area contributed by atoms with Gasteiger partial charge in [-0.15, -0.1) is 0 Å². The Morgan fingerprint density at radius 3 is 2.81 bits per heavy atom. The number of aryl methyl sites for hydroxylation is 3. The minimum absolute atomic E-state index is 0.00617. The molecular formula is C21H22N4O2. The van der Waals surface area contributed by atoms with Crippen molar-refractivity contribution in [3.8, 4) is 11.3 Å². The van der Waals surface area contributed by atoms with E-state index in [9.17, 15) is 4.79 Å². The Labute approximate surface area is 158 Å². The van der Waals surface area contributed by atoms with E-state index in [1.165, 1.54) is 0 Å². The molecule has 1 saturated heterocycles. The SMILES string of the molecule is Cc1cc([C@H]2CCCN2C(=O)c2cccc(-c3nc(C)cnc3C)c2)on1. The molecule has 6 heteroatoms. The van der Waals surface area contributed by atoms with E-state index in [1.54, 1.807) is 6.20 Å². The van der Waals surface area contributed by atoms with Gasteiger partial charge in [0.25, 0.3) is 5.91 Å². The average molecular weight is 362 g/mol. The van der Waals surface area contributed by atoms with Crippen molar-refractivity contribution in [2.24, 2.45) is 0 Å². The van der Waals surface area contributed by atoms with Crippen LogP contribution in [0.25, 0.3) is 11.3 Å². The molecule has 0 bridgehead atoms. The molecule has 138 valence electrons. The average Bonchev–Trinajstić information content (AvgIpc) is 3.32. The molecule has 6 nitrogen and oxygen atoms in total. The zero-order chi connectivity index (χ0) is 19.0. The van der Waals surface area contributed by atoms with Crippen LogP contribution in [0.15, 0.2) is 41.1 Å². The van der Waals surface area contributed by atoms with E-state index in [4.69, 9.17) is 4.52 Å². The number of nitrogens with zero attached hydrogens (tertiary/aromatic N) is 4. The molecule has 0 unspecified atom stereocenters. The molecule has 3 aromatic rings. The molecule has 27 heavy (non-hydrogen) atoms. The fourth-order valence-corrected chi connectivity index (χ4v) is 3.62. The van der Waals surface area contributed by atoms with E-state index < -0.39 is 0 Å². The Kier molecular flexibility index (Phi) is 4.48. The Morgan fingerprint density at radius 1 is 1.19 bits per heavy atom. The normalized spacial score (nSPS) is 16.7. The van der Waals surface area contributed by atoms with Crippen molar-refractivity contribution in [1.82, 2.24) is 20.0 Å². The number of carbonyl (C=O) groups is 1. The predicted molar refractivity (Wildman–Crippen MR) is 101 cm³/mol. The topological polar surface area (TPSA) is 72.1 Å². The Hall–Kier alpha value is -3.02.